The van der Waals surface area contributed by atoms with Gasteiger partial charge in [-0.05, 0) is 30.5 Å². The van der Waals surface area contributed by atoms with E-state index in [0.717, 1.165) is 18.4 Å². The normalized spacial score (nSPS) is 17.9. The zero-order chi connectivity index (χ0) is 12.3. The van der Waals surface area contributed by atoms with Crippen molar-refractivity contribution in [2.45, 2.75) is 31.1 Å². The van der Waals surface area contributed by atoms with Crippen LogP contribution in [-0.4, -0.2) is 12.5 Å². The number of aliphatic imine (C=N–C) groups is 1. The van der Waals surface area contributed by atoms with E-state index in [9.17, 15) is 4.39 Å². The summed E-state index contributed by atoms with van der Waals surface area (Å²) < 4.78 is 12.9. The topological polar surface area (TPSA) is 64.4 Å². The Hall–Kier alpha value is -1.58. The Labute approximate surface area is 101 Å². The summed E-state index contributed by atoms with van der Waals surface area (Å²) in [7, 11) is 0. The third kappa shape index (κ3) is 2.57. The maximum absolute atomic E-state index is 12.9. The summed E-state index contributed by atoms with van der Waals surface area (Å²) in [5, 5.41) is 0. The zero-order valence-electron chi connectivity index (χ0n) is 9.82. The molecule has 92 valence electrons. The molecule has 0 bridgehead atoms. The van der Waals surface area contributed by atoms with Gasteiger partial charge in [-0.25, -0.2) is 4.39 Å². The van der Waals surface area contributed by atoms with Crippen molar-refractivity contribution in [1.82, 2.24) is 0 Å². The second-order valence-electron chi connectivity index (χ2n) is 4.74. The second kappa shape index (κ2) is 4.73. The molecule has 1 saturated carbocycles. The monoisotopic (exact) mass is 235 g/mol. The Morgan fingerprint density at radius 3 is 2.29 bits per heavy atom. The van der Waals surface area contributed by atoms with Gasteiger partial charge in [-0.1, -0.05) is 25.0 Å². The Morgan fingerprint density at radius 1 is 1.18 bits per heavy atom. The molecule has 1 fully saturated rings. The number of nitrogens with two attached hydrogens (primary N) is 2. The van der Waals surface area contributed by atoms with Gasteiger partial charge >= 0.3 is 0 Å². The van der Waals surface area contributed by atoms with Gasteiger partial charge in [-0.3, -0.25) is 4.99 Å². The van der Waals surface area contributed by atoms with E-state index in [1.807, 2.05) is 12.1 Å². The van der Waals surface area contributed by atoms with E-state index in [2.05, 4.69) is 4.99 Å². The molecule has 0 aliphatic heterocycles. The van der Waals surface area contributed by atoms with Crippen molar-refractivity contribution in [2.24, 2.45) is 16.5 Å². The van der Waals surface area contributed by atoms with Crippen LogP contribution in [0.15, 0.2) is 29.3 Å². The molecule has 0 atom stereocenters. The number of hydrogen-bond donors (Lipinski definition) is 2. The van der Waals surface area contributed by atoms with E-state index in [-0.39, 0.29) is 17.2 Å². The van der Waals surface area contributed by atoms with Crippen LogP contribution < -0.4 is 11.5 Å². The predicted octanol–water partition coefficient (Wildman–Crippen LogP) is 1.91. The van der Waals surface area contributed by atoms with Crippen LogP contribution in [0, 0.1) is 5.82 Å². The van der Waals surface area contributed by atoms with Crippen molar-refractivity contribution in [3.63, 3.8) is 0 Å². The smallest absolute Gasteiger partial charge is 0.185 e. The molecule has 1 aromatic carbocycles. The molecular weight excluding hydrogens is 217 g/mol. The van der Waals surface area contributed by atoms with E-state index in [1.165, 1.54) is 25.0 Å². The highest BCUT2D eigenvalue weighted by atomic mass is 19.1. The van der Waals surface area contributed by atoms with Crippen molar-refractivity contribution in [3.05, 3.63) is 35.6 Å². The highest BCUT2D eigenvalue weighted by molar-refractivity contribution is 5.75. The minimum Gasteiger partial charge on any atom is -0.370 e. The van der Waals surface area contributed by atoms with Crippen LogP contribution in [0.25, 0.3) is 0 Å². The summed E-state index contributed by atoms with van der Waals surface area (Å²) in [5.74, 6) is -0.0814. The van der Waals surface area contributed by atoms with Gasteiger partial charge in [0.1, 0.15) is 5.82 Å². The SMILES string of the molecule is NC(N)=NCC1(c2ccc(F)cc2)CCCC1. The number of benzene rings is 1. The van der Waals surface area contributed by atoms with E-state index >= 15 is 0 Å². The van der Waals surface area contributed by atoms with Crippen molar-refractivity contribution in [2.75, 3.05) is 6.54 Å². The maximum Gasteiger partial charge on any atom is 0.185 e. The number of rotatable bonds is 3. The standard InChI is InChI=1S/C13H18FN3/c14-11-5-3-10(4-6-11)13(7-1-2-8-13)9-17-12(15)16/h3-6H,1-2,7-9H2,(H4,15,16,17). The molecule has 1 aliphatic carbocycles. The molecule has 1 aliphatic rings. The summed E-state index contributed by atoms with van der Waals surface area (Å²) >= 11 is 0. The molecule has 0 spiro atoms. The summed E-state index contributed by atoms with van der Waals surface area (Å²) in [6.45, 7) is 0.598. The fraction of sp³-hybridized carbons (Fsp3) is 0.462. The first-order valence-corrected chi connectivity index (χ1v) is 5.94. The molecule has 0 heterocycles. The van der Waals surface area contributed by atoms with E-state index in [1.54, 1.807) is 0 Å². The van der Waals surface area contributed by atoms with Gasteiger partial charge in [0.2, 0.25) is 0 Å². The van der Waals surface area contributed by atoms with Crippen LogP contribution in [0.5, 0.6) is 0 Å². The molecule has 2 rings (SSSR count). The molecule has 0 unspecified atom stereocenters. The number of hydrogen-bond acceptors (Lipinski definition) is 1. The molecule has 0 saturated heterocycles. The Bertz CT molecular complexity index is 401. The third-order valence-corrected chi connectivity index (χ3v) is 3.58. The van der Waals surface area contributed by atoms with Crippen LogP contribution in [0.2, 0.25) is 0 Å². The van der Waals surface area contributed by atoms with Gasteiger partial charge in [0.25, 0.3) is 0 Å². The van der Waals surface area contributed by atoms with Gasteiger partial charge in [0.05, 0.1) is 6.54 Å². The zero-order valence-corrected chi connectivity index (χ0v) is 9.82. The lowest BCUT2D eigenvalue weighted by atomic mass is 9.79. The second-order valence-corrected chi connectivity index (χ2v) is 4.74. The van der Waals surface area contributed by atoms with Crippen molar-refractivity contribution >= 4 is 5.96 Å². The quantitative estimate of drug-likeness (QED) is 0.621. The average Bonchev–Trinajstić information content (AvgIpc) is 2.77. The average molecular weight is 235 g/mol. The molecule has 4 N–H and O–H groups in total. The summed E-state index contributed by atoms with van der Waals surface area (Å²) in [4.78, 5) is 4.16. The largest absolute Gasteiger partial charge is 0.370 e. The van der Waals surface area contributed by atoms with Gasteiger partial charge < -0.3 is 11.5 Å². The highest BCUT2D eigenvalue weighted by Crippen LogP contribution is 2.41. The molecule has 1 aromatic rings. The summed E-state index contributed by atoms with van der Waals surface area (Å²) in [6, 6.07) is 6.71. The Kier molecular flexibility index (Phi) is 3.31. The molecule has 0 radical (unpaired) electrons. The summed E-state index contributed by atoms with van der Waals surface area (Å²) in [5.41, 5.74) is 11.9. The Morgan fingerprint density at radius 2 is 1.76 bits per heavy atom. The van der Waals surface area contributed by atoms with Gasteiger partial charge in [0.15, 0.2) is 5.96 Å². The predicted molar refractivity (Wildman–Crippen MR) is 67.2 cm³/mol. The van der Waals surface area contributed by atoms with E-state index < -0.39 is 0 Å². The van der Waals surface area contributed by atoms with Gasteiger partial charge in [-0.15, -0.1) is 0 Å². The lowest BCUT2D eigenvalue weighted by Crippen LogP contribution is -2.30. The molecule has 17 heavy (non-hydrogen) atoms. The number of nitrogens with zero attached hydrogens (tertiary/aromatic N) is 1. The number of guanidine groups is 1. The van der Waals surface area contributed by atoms with Crippen molar-refractivity contribution in [3.8, 4) is 0 Å². The summed E-state index contributed by atoms with van der Waals surface area (Å²) in [6.07, 6.45) is 4.49. The Balaban J connectivity index is 2.27. The van der Waals surface area contributed by atoms with Crippen molar-refractivity contribution in [1.29, 1.82) is 0 Å². The van der Waals surface area contributed by atoms with Crippen LogP contribution >= 0.6 is 0 Å². The molecule has 4 heteroatoms. The molecule has 0 amide bonds. The first-order valence-electron chi connectivity index (χ1n) is 5.94. The number of halogens is 1. The lowest BCUT2D eigenvalue weighted by molar-refractivity contribution is 0.453. The maximum atomic E-state index is 12.9. The van der Waals surface area contributed by atoms with Crippen LogP contribution in [-0.2, 0) is 5.41 Å². The molecule has 3 nitrogen and oxygen atoms in total. The van der Waals surface area contributed by atoms with Gasteiger partial charge in [-0.2, -0.15) is 0 Å². The fourth-order valence-corrected chi connectivity index (χ4v) is 2.64. The minimum atomic E-state index is -0.205. The fourth-order valence-electron chi connectivity index (χ4n) is 2.64. The first kappa shape index (κ1) is 11.9. The van der Waals surface area contributed by atoms with E-state index in [4.69, 9.17) is 11.5 Å². The van der Waals surface area contributed by atoms with Crippen LogP contribution in [0.4, 0.5) is 4.39 Å². The molecule has 0 aromatic heterocycles. The highest BCUT2D eigenvalue weighted by Gasteiger charge is 2.35. The van der Waals surface area contributed by atoms with Crippen LogP contribution in [0.1, 0.15) is 31.2 Å². The molecular formula is C13H18FN3. The first-order chi connectivity index (χ1) is 8.12. The van der Waals surface area contributed by atoms with Gasteiger partial charge in [0, 0.05) is 5.41 Å². The minimum absolute atomic E-state index is 0.00229. The van der Waals surface area contributed by atoms with Crippen LogP contribution in [0.3, 0.4) is 0 Å². The van der Waals surface area contributed by atoms with Crippen molar-refractivity contribution < 1.29 is 4.39 Å². The third-order valence-electron chi connectivity index (χ3n) is 3.58. The lowest BCUT2D eigenvalue weighted by Gasteiger charge is -2.27. The van der Waals surface area contributed by atoms with E-state index in [0.29, 0.717) is 6.54 Å².